The third kappa shape index (κ3) is 5.47. The number of urea groups is 1. The number of likely N-dealkylation sites (N-methyl/N-ethyl adjacent to an activating group) is 1. The zero-order valence-corrected chi connectivity index (χ0v) is 15.3. The molecular formula is C19H24N2O3S. The highest BCUT2D eigenvalue weighted by Crippen LogP contribution is 2.19. The Morgan fingerprint density at radius 2 is 2.16 bits per heavy atom. The molecule has 2 heterocycles. The van der Waals surface area contributed by atoms with Gasteiger partial charge >= 0.3 is 6.03 Å². The van der Waals surface area contributed by atoms with Gasteiger partial charge in [-0.1, -0.05) is 6.07 Å². The molecule has 25 heavy (non-hydrogen) atoms. The van der Waals surface area contributed by atoms with Crippen molar-refractivity contribution < 1.29 is 14.3 Å². The molecular weight excluding hydrogens is 336 g/mol. The molecule has 6 heteroatoms. The van der Waals surface area contributed by atoms with E-state index in [0.717, 1.165) is 30.9 Å². The lowest BCUT2D eigenvalue weighted by atomic mass is 10.1. The van der Waals surface area contributed by atoms with Crippen LogP contribution in [-0.4, -0.2) is 37.2 Å². The van der Waals surface area contributed by atoms with Gasteiger partial charge in [0, 0.05) is 30.8 Å². The number of amides is 2. The number of carbonyl (C=O) groups is 1. The topological polar surface area (TPSA) is 50.8 Å². The highest BCUT2D eigenvalue weighted by Gasteiger charge is 2.18. The van der Waals surface area contributed by atoms with E-state index < -0.39 is 0 Å². The van der Waals surface area contributed by atoms with Crippen LogP contribution in [0.15, 0.2) is 41.8 Å². The van der Waals surface area contributed by atoms with E-state index in [1.54, 1.807) is 23.3 Å². The maximum atomic E-state index is 12.3. The summed E-state index contributed by atoms with van der Waals surface area (Å²) in [7, 11) is 1.80. The summed E-state index contributed by atoms with van der Waals surface area (Å²) in [5.74, 6) is 0.787. The van der Waals surface area contributed by atoms with Gasteiger partial charge in [-0.05, 0) is 55.0 Å². The highest BCUT2D eigenvalue weighted by atomic mass is 32.1. The fourth-order valence-electron chi connectivity index (χ4n) is 2.74. The van der Waals surface area contributed by atoms with Crippen LogP contribution in [0.25, 0.3) is 0 Å². The normalized spacial score (nSPS) is 17.1. The lowest BCUT2D eigenvalue weighted by Gasteiger charge is -2.27. The predicted molar refractivity (Wildman–Crippen MR) is 100 cm³/mol. The van der Waals surface area contributed by atoms with Crippen molar-refractivity contribution in [3.8, 4) is 5.75 Å². The first-order valence-electron chi connectivity index (χ1n) is 8.59. The summed E-state index contributed by atoms with van der Waals surface area (Å²) in [6.45, 7) is 1.98. The van der Waals surface area contributed by atoms with Gasteiger partial charge in [0.2, 0.25) is 0 Å². The summed E-state index contributed by atoms with van der Waals surface area (Å²) >= 11 is 1.67. The summed E-state index contributed by atoms with van der Waals surface area (Å²) in [6.07, 6.45) is 3.46. The Morgan fingerprint density at radius 3 is 2.84 bits per heavy atom. The molecule has 1 saturated heterocycles. The second-order valence-corrected chi connectivity index (χ2v) is 7.22. The predicted octanol–water partition coefficient (Wildman–Crippen LogP) is 4.36. The third-order valence-corrected chi connectivity index (χ3v) is 5.01. The molecule has 1 aliphatic rings. The van der Waals surface area contributed by atoms with Crippen LogP contribution in [0.1, 0.15) is 24.1 Å². The number of nitrogens with one attached hydrogen (secondary N) is 1. The Morgan fingerprint density at radius 1 is 1.32 bits per heavy atom. The van der Waals surface area contributed by atoms with Crippen molar-refractivity contribution in [2.45, 2.75) is 32.0 Å². The lowest BCUT2D eigenvalue weighted by Crippen LogP contribution is -2.39. The van der Waals surface area contributed by atoms with Gasteiger partial charge in [-0.2, -0.15) is 0 Å². The number of carbonyl (C=O) groups excluding carboxylic acids is 1. The van der Waals surface area contributed by atoms with Crippen molar-refractivity contribution in [2.24, 2.45) is 0 Å². The molecule has 0 aliphatic carbocycles. The first-order chi connectivity index (χ1) is 12.2. The molecule has 5 nitrogen and oxygen atoms in total. The lowest BCUT2D eigenvalue weighted by molar-refractivity contribution is 0.00463. The number of rotatable bonds is 6. The molecule has 0 radical (unpaired) electrons. The largest absolute Gasteiger partial charge is 0.488 e. The minimum absolute atomic E-state index is 0.124. The van der Waals surface area contributed by atoms with Gasteiger partial charge in [0.1, 0.15) is 12.4 Å². The summed E-state index contributed by atoms with van der Waals surface area (Å²) in [6, 6.07) is 11.4. The SMILES string of the molecule is CN(C[C@@H]1CCCCO1)C(=O)Nc1ccc(OCc2cccs2)cc1. The maximum Gasteiger partial charge on any atom is 0.321 e. The molecule has 0 saturated carbocycles. The van der Waals surface area contributed by atoms with E-state index in [1.165, 1.54) is 11.3 Å². The summed E-state index contributed by atoms with van der Waals surface area (Å²) in [4.78, 5) is 15.1. The van der Waals surface area contributed by atoms with Crippen molar-refractivity contribution in [1.82, 2.24) is 4.90 Å². The second kappa shape index (κ2) is 8.87. The zero-order valence-electron chi connectivity index (χ0n) is 14.4. The molecule has 1 aliphatic heterocycles. The van der Waals surface area contributed by atoms with Crippen LogP contribution in [0.4, 0.5) is 10.5 Å². The average molecular weight is 360 g/mol. The van der Waals surface area contributed by atoms with Crippen LogP contribution in [0.5, 0.6) is 5.75 Å². The Hall–Kier alpha value is -2.05. The van der Waals surface area contributed by atoms with Crippen LogP contribution in [0.2, 0.25) is 0 Å². The number of thiophene rings is 1. The Labute approximate surface area is 152 Å². The summed E-state index contributed by atoms with van der Waals surface area (Å²) < 4.78 is 11.4. The van der Waals surface area contributed by atoms with Gasteiger partial charge < -0.3 is 19.7 Å². The Bertz CT molecular complexity index is 652. The molecule has 1 fully saturated rings. The number of benzene rings is 1. The minimum Gasteiger partial charge on any atom is -0.488 e. The van der Waals surface area contributed by atoms with E-state index in [-0.39, 0.29) is 12.1 Å². The number of hydrogen-bond donors (Lipinski definition) is 1. The standard InChI is InChI=1S/C19H24N2O3S/c1-21(13-17-5-2-3-11-23-17)19(22)20-15-7-9-16(10-8-15)24-14-18-6-4-12-25-18/h4,6-10,12,17H,2-3,5,11,13-14H2,1H3,(H,20,22)/t17-/m0/s1. The molecule has 3 rings (SSSR count). The number of nitrogens with zero attached hydrogens (tertiary/aromatic N) is 1. The van der Waals surface area contributed by atoms with Gasteiger partial charge in [0.05, 0.1) is 6.10 Å². The van der Waals surface area contributed by atoms with E-state index in [2.05, 4.69) is 5.32 Å². The second-order valence-electron chi connectivity index (χ2n) is 6.19. The van der Waals surface area contributed by atoms with Crippen molar-refractivity contribution in [3.05, 3.63) is 46.7 Å². The fraction of sp³-hybridized carbons (Fsp3) is 0.421. The molecule has 0 unspecified atom stereocenters. The van der Waals surface area contributed by atoms with Gasteiger partial charge in [-0.3, -0.25) is 0 Å². The number of hydrogen-bond acceptors (Lipinski definition) is 4. The molecule has 1 aromatic carbocycles. The van der Waals surface area contributed by atoms with Crippen LogP contribution < -0.4 is 10.1 Å². The first-order valence-corrected chi connectivity index (χ1v) is 9.47. The molecule has 0 spiro atoms. The van der Waals surface area contributed by atoms with E-state index in [4.69, 9.17) is 9.47 Å². The molecule has 0 bridgehead atoms. The Balaban J connectivity index is 1.45. The van der Waals surface area contributed by atoms with Crippen molar-refractivity contribution in [2.75, 3.05) is 25.5 Å². The molecule has 2 amide bonds. The number of ether oxygens (including phenoxy) is 2. The van der Waals surface area contributed by atoms with E-state index in [0.29, 0.717) is 13.2 Å². The van der Waals surface area contributed by atoms with Gasteiger partial charge in [-0.15, -0.1) is 11.3 Å². The molecule has 1 aromatic heterocycles. The molecule has 1 N–H and O–H groups in total. The van der Waals surface area contributed by atoms with E-state index in [1.807, 2.05) is 41.8 Å². The monoisotopic (exact) mass is 360 g/mol. The summed E-state index contributed by atoms with van der Waals surface area (Å²) in [5, 5.41) is 4.94. The fourth-order valence-corrected chi connectivity index (χ4v) is 3.36. The maximum absolute atomic E-state index is 12.3. The van der Waals surface area contributed by atoms with E-state index >= 15 is 0 Å². The van der Waals surface area contributed by atoms with Crippen LogP contribution in [0, 0.1) is 0 Å². The Kier molecular flexibility index (Phi) is 6.30. The van der Waals surface area contributed by atoms with Crippen LogP contribution in [0.3, 0.4) is 0 Å². The van der Waals surface area contributed by atoms with Gasteiger partial charge in [0.25, 0.3) is 0 Å². The molecule has 2 aromatic rings. The van der Waals surface area contributed by atoms with Crippen molar-refractivity contribution >= 4 is 23.1 Å². The quantitative estimate of drug-likeness (QED) is 0.833. The highest BCUT2D eigenvalue weighted by molar-refractivity contribution is 7.09. The van der Waals surface area contributed by atoms with Crippen LogP contribution in [-0.2, 0) is 11.3 Å². The van der Waals surface area contributed by atoms with Gasteiger partial charge in [-0.25, -0.2) is 4.79 Å². The third-order valence-electron chi connectivity index (χ3n) is 4.16. The van der Waals surface area contributed by atoms with E-state index in [9.17, 15) is 4.79 Å². The number of anilines is 1. The smallest absolute Gasteiger partial charge is 0.321 e. The molecule has 1 atom stereocenters. The summed E-state index contributed by atoms with van der Waals surface area (Å²) in [5.41, 5.74) is 0.755. The van der Waals surface area contributed by atoms with Crippen molar-refractivity contribution in [3.63, 3.8) is 0 Å². The minimum atomic E-state index is -0.124. The zero-order chi connectivity index (χ0) is 17.5. The molecule has 134 valence electrons. The average Bonchev–Trinajstić information content (AvgIpc) is 3.15. The van der Waals surface area contributed by atoms with Crippen molar-refractivity contribution in [1.29, 1.82) is 0 Å². The first kappa shape index (κ1) is 17.8. The van der Waals surface area contributed by atoms with Crippen LogP contribution >= 0.6 is 11.3 Å². The van der Waals surface area contributed by atoms with Gasteiger partial charge in [0.15, 0.2) is 0 Å².